The molecule has 0 aromatic heterocycles. The molecule has 0 nitrogen and oxygen atoms in total. The maximum atomic E-state index is 2.62. The second kappa shape index (κ2) is 4.28. The number of fused-ring (bicyclic) bond motifs is 5. The number of rotatable bonds is 1. The summed E-state index contributed by atoms with van der Waals surface area (Å²) in [6.45, 7) is 8.87. The third kappa shape index (κ3) is 1.72. The summed E-state index contributed by atoms with van der Waals surface area (Å²) in [7, 11) is 0. The van der Waals surface area contributed by atoms with Crippen LogP contribution in [0.1, 0.15) is 72.1 Å². The fourth-order valence-corrected chi connectivity index (χ4v) is 7.12. The lowest BCUT2D eigenvalue weighted by molar-refractivity contribution is -0.0998. The summed E-state index contributed by atoms with van der Waals surface area (Å²) >= 11 is 0. The van der Waals surface area contributed by atoms with Gasteiger partial charge in [0.25, 0.3) is 0 Å². The fourth-order valence-electron chi connectivity index (χ4n) is 7.12. The highest BCUT2D eigenvalue weighted by atomic mass is 14.6. The summed E-state index contributed by atoms with van der Waals surface area (Å²) in [5, 5.41) is 0. The van der Waals surface area contributed by atoms with E-state index < -0.39 is 0 Å². The molecule has 0 aromatic rings. The second-order valence-electron chi connectivity index (χ2n) is 9.08. The van der Waals surface area contributed by atoms with Crippen molar-refractivity contribution in [3.63, 3.8) is 0 Å². The predicted octanol–water partition coefficient (Wildman–Crippen LogP) is 5.66. The standard InChI is InChI=1S/C18H31B/c1-12-16-10-13(18(16,2)3)11-17(12)19-14-6-4-7-15(19)9-5-8-14/h12-17H,4-11H2,1-3H3/q-1/t12-,13?,14?,15?,16?,17-/m0/s1. The van der Waals surface area contributed by atoms with Crippen LogP contribution < -0.4 is 0 Å². The summed E-state index contributed by atoms with van der Waals surface area (Å²) in [5.74, 6) is 6.50. The molecular weight excluding hydrogens is 227 g/mol. The van der Waals surface area contributed by atoms with Crippen LogP contribution in [0, 0.1) is 23.2 Å². The van der Waals surface area contributed by atoms with Crippen LogP contribution >= 0.6 is 0 Å². The summed E-state index contributed by atoms with van der Waals surface area (Å²) in [4.78, 5) is 0. The van der Waals surface area contributed by atoms with Gasteiger partial charge in [-0.3, -0.25) is 0 Å². The molecule has 1 radical (unpaired) electrons. The molecule has 107 valence electrons. The van der Waals surface area contributed by atoms with E-state index in [0.29, 0.717) is 5.41 Å². The maximum absolute atomic E-state index is 2.62. The molecule has 5 rings (SSSR count). The minimum absolute atomic E-state index is 0.680. The second-order valence-corrected chi connectivity index (χ2v) is 9.08. The number of hydrogen-bond donors (Lipinski definition) is 0. The van der Waals surface area contributed by atoms with Crippen molar-refractivity contribution in [3.8, 4) is 0 Å². The molecule has 1 heteroatoms. The summed E-state index contributed by atoms with van der Waals surface area (Å²) < 4.78 is 0. The van der Waals surface area contributed by atoms with Crippen molar-refractivity contribution in [2.24, 2.45) is 23.2 Å². The van der Waals surface area contributed by atoms with E-state index in [9.17, 15) is 0 Å². The molecule has 4 atom stereocenters. The van der Waals surface area contributed by atoms with Gasteiger partial charge in [-0.05, 0) is 23.7 Å². The highest BCUT2D eigenvalue weighted by Gasteiger charge is 2.55. The van der Waals surface area contributed by atoms with E-state index in [-0.39, 0.29) is 0 Å². The molecule has 2 unspecified atom stereocenters. The van der Waals surface area contributed by atoms with Gasteiger partial charge in [0.05, 0.1) is 0 Å². The molecule has 3 saturated carbocycles. The Kier molecular flexibility index (Phi) is 2.88. The molecule has 5 fully saturated rings. The lowest BCUT2D eigenvalue weighted by Crippen LogP contribution is -2.57. The van der Waals surface area contributed by atoms with Gasteiger partial charge in [0.2, 0.25) is 0 Å². The molecule has 3 aliphatic carbocycles. The first kappa shape index (κ1) is 12.8. The molecule has 0 amide bonds. The lowest BCUT2D eigenvalue weighted by atomic mass is 9.18. The molecule has 19 heavy (non-hydrogen) atoms. The molecule has 2 heterocycles. The van der Waals surface area contributed by atoms with Gasteiger partial charge in [-0.1, -0.05) is 71.6 Å². The van der Waals surface area contributed by atoms with Crippen molar-refractivity contribution in [2.75, 3.05) is 0 Å². The summed E-state index contributed by atoms with van der Waals surface area (Å²) in [6, 6.07) is 0. The van der Waals surface area contributed by atoms with Gasteiger partial charge in [0.1, 0.15) is 0 Å². The minimum Gasteiger partial charge on any atom is -0.196 e. The van der Waals surface area contributed by atoms with E-state index in [2.05, 4.69) is 20.8 Å². The van der Waals surface area contributed by atoms with E-state index in [0.717, 1.165) is 41.9 Å². The van der Waals surface area contributed by atoms with Crippen molar-refractivity contribution < 1.29 is 0 Å². The third-order valence-corrected chi connectivity index (χ3v) is 8.30. The Hall–Kier alpha value is 0.0649. The van der Waals surface area contributed by atoms with Crippen molar-refractivity contribution in [1.82, 2.24) is 0 Å². The zero-order chi connectivity index (χ0) is 13.2. The highest BCUT2D eigenvalue weighted by molar-refractivity contribution is 6.64. The van der Waals surface area contributed by atoms with Crippen LogP contribution in [0.5, 0.6) is 0 Å². The summed E-state index contributed by atoms with van der Waals surface area (Å²) in [5.41, 5.74) is 0.680. The monoisotopic (exact) mass is 258 g/mol. The lowest BCUT2D eigenvalue weighted by Gasteiger charge is -2.69. The van der Waals surface area contributed by atoms with E-state index in [4.69, 9.17) is 0 Å². The van der Waals surface area contributed by atoms with Gasteiger partial charge in [-0.15, -0.1) is 6.71 Å². The Balaban J connectivity index is 1.57. The Morgan fingerprint density at radius 1 is 0.895 bits per heavy atom. The largest absolute Gasteiger partial charge is 0.196 e. The van der Waals surface area contributed by atoms with E-state index >= 15 is 0 Å². The predicted molar refractivity (Wildman–Crippen MR) is 83.9 cm³/mol. The molecule has 0 aromatic carbocycles. The smallest absolute Gasteiger partial charge is 0.0297 e. The number of hydrogen-bond acceptors (Lipinski definition) is 0. The van der Waals surface area contributed by atoms with Crippen molar-refractivity contribution in [2.45, 2.75) is 89.6 Å². The van der Waals surface area contributed by atoms with Gasteiger partial charge in [0, 0.05) is 0 Å². The molecule has 5 aliphatic rings. The van der Waals surface area contributed by atoms with E-state index in [1.807, 2.05) is 0 Å². The fraction of sp³-hybridized carbons (Fsp3) is 1.00. The molecule has 4 bridgehead atoms. The topological polar surface area (TPSA) is 0 Å². The summed E-state index contributed by atoms with van der Waals surface area (Å²) in [6.07, 6.45) is 12.5. The first-order chi connectivity index (χ1) is 9.09. The zero-order valence-corrected chi connectivity index (χ0v) is 13.2. The molecule has 0 spiro atoms. The quantitative estimate of drug-likeness (QED) is 0.532. The zero-order valence-electron chi connectivity index (χ0n) is 13.2. The normalized spacial score (nSPS) is 52.6. The van der Waals surface area contributed by atoms with Crippen LogP contribution in [0.15, 0.2) is 0 Å². The van der Waals surface area contributed by atoms with Crippen molar-refractivity contribution in [1.29, 1.82) is 0 Å². The SMILES string of the molecule is C[C@H]1C2CC(C[C@@H]1[B-]1C3CCCC1CCC3)C2(C)C. The van der Waals surface area contributed by atoms with E-state index in [1.54, 1.807) is 51.4 Å². The molecule has 2 saturated heterocycles. The van der Waals surface area contributed by atoms with Gasteiger partial charge in [0.15, 0.2) is 0 Å². The van der Waals surface area contributed by atoms with Crippen LogP contribution in [0.25, 0.3) is 0 Å². The molecular formula is C18H31B-. The van der Waals surface area contributed by atoms with Crippen LogP contribution in [-0.2, 0) is 0 Å². The average molecular weight is 258 g/mol. The highest BCUT2D eigenvalue weighted by Crippen LogP contribution is 2.67. The van der Waals surface area contributed by atoms with Crippen molar-refractivity contribution >= 4 is 6.71 Å². The first-order valence-electron chi connectivity index (χ1n) is 9.09. The Bertz CT molecular complexity index is 339. The third-order valence-electron chi connectivity index (χ3n) is 8.30. The Morgan fingerprint density at radius 2 is 1.47 bits per heavy atom. The maximum Gasteiger partial charge on any atom is -0.0297 e. The van der Waals surface area contributed by atoms with Crippen LogP contribution in [-0.4, -0.2) is 6.71 Å². The first-order valence-corrected chi connectivity index (χ1v) is 9.09. The van der Waals surface area contributed by atoms with E-state index in [1.165, 1.54) is 0 Å². The molecule has 0 N–H and O–H groups in total. The molecule has 2 aliphatic heterocycles. The van der Waals surface area contributed by atoms with Crippen LogP contribution in [0.4, 0.5) is 0 Å². The average Bonchev–Trinajstić information content (AvgIpc) is 2.37. The van der Waals surface area contributed by atoms with Crippen LogP contribution in [0.2, 0.25) is 17.5 Å². The van der Waals surface area contributed by atoms with Gasteiger partial charge < -0.3 is 0 Å². The van der Waals surface area contributed by atoms with Crippen molar-refractivity contribution in [3.05, 3.63) is 0 Å². The van der Waals surface area contributed by atoms with Gasteiger partial charge in [-0.2, -0.15) is 17.5 Å². The van der Waals surface area contributed by atoms with Gasteiger partial charge >= 0.3 is 0 Å². The minimum atomic E-state index is 0.680. The Morgan fingerprint density at radius 3 is 1.95 bits per heavy atom. The Labute approximate surface area is 120 Å². The van der Waals surface area contributed by atoms with Crippen LogP contribution in [0.3, 0.4) is 0 Å². The van der Waals surface area contributed by atoms with Gasteiger partial charge in [-0.25, -0.2) is 0 Å².